The van der Waals surface area contributed by atoms with E-state index >= 15 is 0 Å². The van der Waals surface area contributed by atoms with Crippen molar-refractivity contribution in [2.24, 2.45) is 11.8 Å². The summed E-state index contributed by atoms with van der Waals surface area (Å²) in [6, 6.07) is 7.70. The van der Waals surface area contributed by atoms with Gasteiger partial charge in [-0.05, 0) is 49.8 Å². The fraction of sp³-hybridized carbons (Fsp3) is 0.435. The summed E-state index contributed by atoms with van der Waals surface area (Å²) < 4.78 is 2.02. The second-order valence-electron chi connectivity index (χ2n) is 8.36. The number of fused-ring (bicyclic) bond motifs is 1. The van der Waals surface area contributed by atoms with E-state index in [4.69, 9.17) is 10.1 Å². The Labute approximate surface area is 180 Å². The molecule has 8 heteroatoms. The topological polar surface area (TPSA) is 96.9 Å². The highest BCUT2D eigenvalue weighted by atomic mass is 16.7. The van der Waals surface area contributed by atoms with Crippen LogP contribution >= 0.6 is 0 Å². The molecule has 158 valence electrons. The van der Waals surface area contributed by atoms with Gasteiger partial charge in [-0.25, -0.2) is 5.06 Å². The van der Waals surface area contributed by atoms with Gasteiger partial charge >= 0.3 is 0 Å². The van der Waals surface area contributed by atoms with Gasteiger partial charge in [0.2, 0.25) is 5.91 Å². The van der Waals surface area contributed by atoms with E-state index in [2.05, 4.69) is 21.1 Å². The van der Waals surface area contributed by atoms with Crippen LogP contribution in [0.3, 0.4) is 0 Å². The highest BCUT2D eigenvalue weighted by Crippen LogP contribution is 2.36. The Bertz CT molecular complexity index is 1110. The number of carbonyl (C=O) groups is 1. The van der Waals surface area contributed by atoms with Gasteiger partial charge in [-0.2, -0.15) is 10.4 Å². The first kappa shape index (κ1) is 19.6. The smallest absolute Gasteiger partial charge is 0.249 e. The van der Waals surface area contributed by atoms with Crippen molar-refractivity contribution in [1.82, 2.24) is 24.8 Å². The quantitative estimate of drug-likeness (QED) is 0.647. The predicted octanol–water partition coefficient (Wildman–Crippen LogP) is 3.41. The van der Waals surface area contributed by atoms with Crippen molar-refractivity contribution in [2.75, 3.05) is 6.61 Å². The van der Waals surface area contributed by atoms with Gasteiger partial charge in [-0.1, -0.05) is 0 Å². The maximum atomic E-state index is 13.2. The van der Waals surface area contributed by atoms with Crippen molar-refractivity contribution >= 4 is 16.8 Å². The van der Waals surface area contributed by atoms with E-state index in [0.717, 1.165) is 55.2 Å². The third-order valence-electron chi connectivity index (χ3n) is 6.44. The summed E-state index contributed by atoms with van der Waals surface area (Å²) in [6.07, 6.45) is 11.3. The normalized spacial score (nSPS) is 23.7. The Hall–Kier alpha value is -3.31. The second-order valence-corrected chi connectivity index (χ2v) is 8.36. The third-order valence-corrected chi connectivity index (χ3v) is 6.44. The lowest BCUT2D eigenvalue weighted by Gasteiger charge is -2.31. The number of hydroxylamine groups is 2. The Morgan fingerprint density at radius 1 is 1.16 bits per heavy atom. The third kappa shape index (κ3) is 3.89. The van der Waals surface area contributed by atoms with Crippen LogP contribution in [0.1, 0.15) is 49.4 Å². The minimum Gasteiger partial charge on any atom is -0.272 e. The number of nitrogens with zero attached hydrogens (tertiary/aromatic N) is 6. The molecule has 1 saturated heterocycles. The summed E-state index contributed by atoms with van der Waals surface area (Å²) in [4.78, 5) is 27.3. The molecule has 0 unspecified atom stereocenters. The molecule has 8 nitrogen and oxygen atoms in total. The Morgan fingerprint density at radius 3 is 2.81 bits per heavy atom. The van der Waals surface area contributed by atoms with Gasteiger partial charge in [-0.15, -0.1) is 0 Å². The van der Waals surface area contributed by atoms with Crippen LogP contribution in [0.25, 0.3) is 10.9 Å². The molecule has 0 spiro atoms. The number of amides is 1. The van der Waals surface area contributed by atoms with E-state index in [1.165, 1.54) is 0 Å². The van der Waals surface area contributed by atoms with Crippen molar-refractivity contribution in [3.05, 3.63) is 54.2 Å². The van der Waals surface area contributed by atoms with E-state index < -0.39 is 0 Å². The standard InChI is InChI=1S/C23H24N6O2/c24-12-17-3-6-21-19(11-17)13-27-28(21)15-16-1-4-18(5-2-16)23(30)29-22(7-10-31-29)20-14-25-8-9-26-20/h3,6,8-9,11,13-14,16,18,22H,1-2,4-5,7,10,15H2/t16?,18?,22-/m0/s1. The van der Waals surface area contributed by atoms with Crippen LogP contribution in [0.5, 0.6) is 0 Å². The van der Waals surface area contributed by atoms with Crippen LogP contribution in [-0.4, -0.2) is 37.3 Å². The predicted molar refractivity (Wildman–Crippen MR) is 112 cm³/mol. The number of benzene rings is 1. The monoisotopic (exact) mass is 416 g/mol. The summed E-state index contributed by atoms with van der Waals surface area (Å²) in [5.74, 6) is 0.541. The molecular formula is C23H24N6O2. The number of carbonyl (C=O) groups excluding carboxylic acids is 1. The fourth-order valence-electron chi connectivity index (χ4n) is 4.76. The van der Waals surface area contributed by atoms with Crippen LogP contribution in [-0.2, 0) is 16.2 Å². The summed E-state index contributed by atoms with van der Waals surface area (Å²) in [6.45, 7) is 1.36. The molecule has 3 aromatic rings. The van der Waals surface area contributed by atoms with Gasteiger partial charge in [-0.3, -0.25) is 24.3 Å². The first-order valence-corrected chi connectivity index (χ1v) is 10.8. The zero-order valence-electron chi connectivity index (χ0n) is 17.2. The zero-order valence-corrected chi connectivity index (χ0v) is 17.2. The van der Waals surface area contributed by atoms with E-state index in [1.807, 2.05) is 29.1 Å². The van der Waals surface area contributed by atoms with Crippen molar-refractivity contribution in [2.45, 2.75) is 44.7 Å². The van der Waals surface area contributed by atoms with E-state index in [9.17, 15) is 4.79 Å². The molecule has 1 saturated carbocycles. The van der Waals surface area contributed by atoms with Crippen LogP contribution < -0.4 is 0 Å². The lowest BCUT2D eigenvalue weighted by Crippen LogP contribution is -2.37. The average molecular weight is 416 g/mol. The molecular weight excluding hydrogens is 392 g/mol. The minimum atomic E-state index is -0.146. The number of aromatic nitrogens is 4. The van der Waals surface area contributed by atoms with Crippen molar-refractivity contribution < 1.29 is 9.63 Å². The van der Waals surface area contributed by atoms with Gasteiger partial charge in [0.05, 0.1) is 41.8 Å². The van der Waals surface area contributed by atoms with Gasteiger partial charge in [0.1, 0.15) is 6.04 Å². The number of rotatable bonds is 4. The maximum Gasteiger partial charge on any atom is 0.249 e. The lowest BCUT2D eigenvalue weighted by molar-refractivity contribution is -0.183. The molecule has 0 N–H and O–H groups in total. The molecule has 5 rings (SSSR count). The molecule has 1 aromatic carbocycles. The Balaban J connectivity index is 1.21. The van der Waals surface area contributed by atoms with Gasteiger partial charge in [0.15, 0.2) is 0 Å². The molecule has 0 radical (unpaired) electrons. The first-order valence-electron chi connectivity index (χ1n) is 10.8. The molecule has 2 fully saturated rings. The fourth-order valence-corrected chi connectivity index (χ4v) is 4.76. The summed E-state index contributed by atoms with van der Waals surface area (Å²) in [5.41, 5.74) is 2.48. The number of nitriles is 1. The SMILES string of the molecule is N#Cc1ccc2c(cnn2CC2CCC(C(=O)N3OCC[C@H]3c3cnccn3)CC2)c1. The summed E-state index contributed by atoms with van der Waals surface area (Å²) in [5, 5.41) is 16.1. The van der Waals surface area contributed by atoms with Gasteiger partial charge in [0, 0.05) is 36.7 Å². The van der Waals surface area contributed by atoms with Crippen molar-refractivity contribution in [3.8, 4) is 6.07 Å². The Morgan fingerprint density at radius 2 is 2.03 bits per heavy atom. The highest BCUT2D eigenvalue weighted by molar-refractivity contribution is 5.80. The molecule has 1 atom stereocenters. The Kier molecular flexibility index (Phi) is 5.35. The number of hydrogen-bond donors (Lipinski definition) is 0. The highest BCUT2D eigenvalue weighted by Gasteiger charge is 2.38. The summed E-state index contributed by atoms with van der Waals surface area (Å²) in [7, 11) is 0. The van der Waals surface area contributed by atoms with Crippen molar-refractivity contribution in [1.29, 1.82) is 5.26 Å². The largest absolute Gasteiger partial charge is 0.272 e. The van der Waals surface area contributed by atoms with Crippen LogP contribution in [0.15, 0.2) is 43.0 Å². The molecule has 0 bridgehead atoms. The number of hydrogen-bond acceptors (Lipinski definition) is 6. The lowest BCUT2D eigenvalue weighted by atomic mass is 9.81. The molecule has 1 aliphatic carbocycles. The van der Waals surface area contributed by atoms with Crippen LogP contribution in [0.2, 0.25) is 0 Å². The molecule has 31 heavy (non-hydrogen) atoms. The molecule has 2 aromatic heterocycles. The van der Waals surface area contributed by atoms with Gasteiger partial charge < -0.3 is 0 Å². The van der Waals surface area contributed by atoms with E-state index in [0.29, 0.717) is 18.1 Å². The first-order chi connectivity index (χ1) is 15.2. The molecule has 1 aliphatic heterocycles. The molecule has 3 heterocycles. The minimum absolute atomic E-state index is 0.0129. The van der Waals surface area contributed by atoms with E-state index in [1.54, 1.807) is 23.7 Å². The maximum absolute atomic E-state index is 13.2. The van der Waals surface area contributed by atoms with Crippen molar-refractivity contribution in [3.63, 3.8) is 0 Å². The average Bonchev–Trinajstić information content (AvgIpc) is 3.47. The molecule has 1 amide bonds. The van der Waals surface area contributed by atoms with E-state index in [-0.39, 0.29) is 17.9 Å². The second kappa shape index (κ2) is 8.44. The molecule has 2 aliphatic rings. The van der Waals surface area contributed by atoms with Crippen LogP contribution in [0, 0.1) is 23.2 Å². The van der Waals surface area contributed by atoms with Crippen LogP contribution in [0.4, 0.5) is 0 Å². The van der Waals surface area contributed by atoms with Gasteiger partial charge in [0.25, 0.3) is 0 Å². The summed E-state index contributed by atoms with van der Waals surface area (Å²) >= 11 is 0. The zero-order chi connectivity index (χ0) is 21.2.